The van der Waals surface area contributed by atoms with Crippen LogP contribution >= 0.6 is 0 Å². The lowest BCUT2D eigenvalue weighted by Gasteiger charge is -2.20. The Hall–Kier alpha value is -11.2. The SMILES string of the molecule is [C-]#[N+]c1cc(-n2c3ccccc3c3cc(-c4nc(-c5ccccc5)nc(-c5ccccc5)n4)ccc32)c(-n2c3ccccc3c3cc(-c4nc(-c5ccccc5)nc(-c5ccccc5)n4)ccc32)cc1-c1cc(C)cc(C#N)c1. The highest BCUT2D eigenvalue weighted by Crippen LogP contribution is 2.45. The first-order valence-electron chi connectivity index (χ1n) is 25.9. The molecular weight excluding hydrogens is 969 g/mol. The Morgan fingerprint density at radius 2 is 0.722 bits per heavy atom. The quantitative estimate of drug-likeness (QED) is 0.132. The van der Waals surface area contributed by atoms with Gasteiger partial charge in [-0.1, -0.05) is 164 Å². The maximum Gasteiger partial charge on any atom is 0.197 e. The van der Waals surface area contributed by atoms with Gasteiger partial charge in [0.2, 0.25) is 0 Å². The number of aromatic nitrogens is 8. The summed E-state index contributed by atoms with van der Waals surface area (Å²) in [6.07, 6.45) is 0. The molecule has 79 heavy (non-hydrogen) atoms. The molecule has 0 aliphatic rings. The van der Waals surface area contributed by atoms with Crippen LogP contribution in [0.15, 0.2) is 237 Å². The van der Waals surface area contributed by atoms with Crippen LogP contribution in [0.25, 0.3) is 139 Å². The lowest BCUT2D eigenvalue weighted by molar-refractivity contribution is 1.07. The molecule has 0 amide bonds. The third-order valence-electron chi connectivity index (χ3n) is 14.5. The molecule has 0 radical (unpaired) electrons. The molecule has 0 unspecified atom stereocenters. The van der Waals surface area contributed by atoms with Gasteiger partial charge in [-0.15, -0.1) is 0 Å². The molecule has 0 saturated heterocycles. The van der Waals surface area contributed by atoms with Crippen molar-refractivity contribution in [1.82, 2.24) is 39.0 Å². The summed E-state index contributed by atoms with van der Waals surface area (Å²) in [6, 6.07) is 81.9. The molecule has 0 saturated carbocycles. The van der Waals surface area contributed by atoms with Gasteiger partial charge >= 0.3 is 0 Å². The van der Waals surface area contributed by atoms with E-state index in [1.165, 1.54) is 0 Å². The van der Waals surface area contributed by atoms with E-state index in [1.54, 1.807) is 0 Å². The van der Waals surface area contributed by atoms with Crippen molar-refractivity contribution in [1.29, 1.82) is 5.26 Å². The van der Waals surface area contributed by atoms with E-state index in [2.05, 4.69) is 111 Å². The summed E-state index contributed by atoms with van der Waals surface area (Å²) < 4.78 is 4.57. The average molecular weight is 1010 g/mol. The summed E-state index contributed by atoms with van der Waals surface area (Å²) in [4.78, 5) is 34.6. The molecule has 4 heterocycles. The van der Waals surface area contributed by atoms with E-state index in [1.807, 2.05) is 153 Å². The maximum absolute atomic E-state index is 10.2. The van der Waals surface area contributed by atoms with E-state index < -0.39 is 0 Å². The second-order valence-electron chi connectivity index (χ2n) is 19.4. The fraction of sp³-hybridized carbons (Fsp3) is 0.0145. The third-order valence-corrected chi connectivity index (χ3v) is 14.5. The summed E-state index contributed by atoms with van der Waals surface area (Å²) in [7, 11) is 0. The molecule has 10 aromatic carbocycles. The predicted octanol–water partition coefficient (Wildman–Crippen LogP) is 16.7. The van der Waals surface area contributed by atoms with Crippen molar-refractivity contribution < 1.29 is 0 Å². The molecule has 14 aromatic rings. The molecule has 0 atom stereocenters. The van der Waals surface area contributed by atoms with Crippen molar-refractivity contribution in [2.45, 2.75) is 6.92 Å². The summed E-state index contributed by atoms with van der Waals surface area (Å²) >= 11 is 0. The van der Waals surface area contributed by atoms with Crippen molar-refractivity contribution in [3.05, 3.63) is 259 Å². The van der Waals surface area contributed by atoms with Crippen molar-refractivity contribution in [2.24, 2.45) is 0 Å². The van der Waals surface area contributed by atoms with E-state index in [4.69, 9.17) is 36.5 Å². The number of para-hydroxylation sites is 2. The Kier molecular flexibility index (Phi) is 11.3. The van der Waals surface area contributed by atoms with Crippen molar-refractivity contribution >= 4 is 49.3 Å². The Morgan fingerprint density at radius 1 is 0.354 bits per heavy atom. The van der Waals surface area contributed by atoms with Gasteiger partial charge in [0, 0.05) is 54.9 Å². The van der Waals surface area contributed by atoms with E-state index in [0.29, 0.717) is 51.8 Å². The van der Waals surface area contributed by atoms with Gasteiger partial charge < -0.3 is 9.13 Å². The van der Waals surface area contributed by atoms with Crippen LogP contribution in [0, 0.1) is 24.8 Å². The molecule has 10 nitrogen and oxygen atoms in total. The van der Waals surface area contributed by atoms with Gasteiger partial charge in [0.15, 0.2) is 40.6 Å². The van der Waals surface area contributed by atoms with Gasteiger partial charge in [-0.2, -0.15) is 5.26 Å². The first-order chi connectivity index (χ1) is 39.0. The summed E-state index contributed by atoms with van der Waals surface area (Å²) in [5.41, 5.74) is 14.0. The highest BCUT2D eigenvalue weighted by molar-refractivity contribution is 6.13. The van der Waals surface area contributed by atoms with Crippen LogP contribution in [0.2, 0.25) is 0 Å². The number of nitrogens with zero attached hydrogens (tertiary/aromatic N) is 10. The number of aryl methyl sites for hydroxylation is 1. The molecule has 0 aliphatic heterocycles. The van der Waals surface area contributed by atoms with Crippen LogP contribution in [0.5, 0.6) is 0 Å². The fourth-order valence-corrected chi connectivity index (χ4v) is 10.9. The van der Waals surface area contributed by atoms with Crippen LogP contribution in [-0.4, -0.2) is 39.0 Å². The second kappa shape index (κ2) is 19.2. The van der Waals surface area contributed by atoms with Crippen molar-refractivity contribution in [2.75, 3.05) is 0 Å². The number of fused-ring (bicyclic) bond motifs is 6. The number of benzene rings is 10. The predicted molar refractivity (Wildman–Crippen MR) is 316 cm³/mol. The van der Waals surface area contributed by atoms with Crippen LogP contribution in [0.1, 0.15) is 11.1 Å². The summed E-state index contributed by atoms with van der Waals surface area (Å²) in [5.74, 6) is 3.44. The third kappa shape index (κ3) is 8.21. The number of nitriles is 1. The topological polar surface area (TPSA) is 115 Å². The van der Waals surface area contributed by atoms with Gasteiger partial charge in [0.25, 0.3) is 0 Å². The second-order valence-corrected chi connectivity index (χ2v) is 19.4. The van der Waals surface area contributed by atoms with Crippen molar-refractivity contribution in [3.8, 4) is 96.9 Å². The zero-order valence-electron chi connectivity index (χ0n) is 42.5. The molecule has 0 spiro atoms. The molecule has 10 heteroatoms. The molecule has 4 aromatic heterocycles. The normalized spacial score (nSPS) is 11.3. The molecule has 0 fully saturated rings. The molecule has 0 bridgehead atoms. The highest BCUT2D eigenvalue weighted by Gasteiger charge is 2.24. The molecule has 0 N–H and O–H groups in total. The van der Waals surface area contributed by atoms with E-state index in [9.17, 15) is 5.26 Å². The monoisotopic (exact) mass is 1010 g/mol. The average Bonchev–Trinajstić information content (AvgIpc) is 4.20. The number of hydrogen-bond donors (Lipinski definition) is 0. The van der Waals surface area contributed by atoms with E-state index >= 15 is 0 Å². The molecular formula is C69H42N10. The summed E-state index contributed by atoms with van der Waals surface area (Å²) in [6.45, 7) is 10.8. The first kappa shape index (κ1) is 46.3. The molecule has 14 rings (SSSR count). The van der Waals surface area contributed by atoms with Gasteiger partial charge in [0.1, 0.15) is 0 Å². The van der Waals surface area contributed by atoms with Crippen LogP contribution in [0.4, 0.5) is 5.69 Å². The molecule has 368 valence electrons. The van der Waals surface area contributed by atoms with Gasteiger partial charge in [-0.3, -0.25) is 0 Å². The largest absolute Gasteiger partial charge is 0.308 e. The number of rotatable bonds is 9. The van der Waals surface area contributed by atoms with Crippen molar-refractivity contribution in [3.63, 3.8) is 0 Å². The zero-order chi connectivity index (χ0) is 53.0. The number of hydrogen-bond acceptors (Lipinski definition) is 7. The van der Waals surface area contributed by atoms with Gasteiger partial charge in [-0.05, 0) is 96.4 Å². The Bertz CT molecular complexity index is 4690. The van der Waals surface area contributed by atoms with E-state index in [-0.39, 0.29) is 0 Å². The minimum Gasteiger partial charge on any atom is -0.308 e. The van der Waals surface area contributed by atoms with Gasteiger partial charge in [-0.25, -0.2) is 34.7 Å². The standard InChI is InChI=1S/C69H42N10/c1-43-35-44(42-70)37-51(36-43)54-40-62(78-58-29-17-15-27-52(58)55-38-49(31-33-60(55)78)68-74-64(45-19-7-3-8-20-45)72-65(75-68)46-21-9-4-10-22-46)63(41-57(54)71-2)79-59-30-18-16-28-53(59)56-39-50(32-34-61(56)79)69-76-66(47-23-11-5-12-24-47)73-67(77-69)48-25-13-6-14-26-48/h3-41H,1H3. The Labute approximate surface area is 454 Å². The smallest absolute Gasteiger partial charge is 0.197 e. The van der Waals surface area contributed by atoms with Crippen LogP contribution < -0.4 is 0 Å². The van der Waals surface area contributed by atoms with Gasteiger partial charge in [0.05, 0.1) is 51.6 Å². The Morgan fingerprint density at radius 3 is 1.13 bits per heavy atom. The molecule has 0 aliphatic carbocycles. The van der Waals surface area contributed by atoms with E-state index in [0.717, 1.165) is 99.5 Å². The highest BCUT2D eigenvalue weighted by atomic mass is 15.1. The minimum atomic E-state index is 0.448. The minimum absolute atomic E-state index is 0.448. The fourth-order valence-electron chi connectivity index (χ4n) is 10.9. The maximum atomic E-state index is 10.2. The Balaban J connectivity index is 1.01. The van der Waals surface area contributed by atoms with Crippen LogP contribution in [0.3, 0.4) is 0 Å². The summed E-state index contributed by atoms with van der Waals surface area (Å²) in [5, 5.41) is 14.2. The zero-order valence-corrected chi connectivity index (χ0v) is 42.5. The lowest BCUT2D eigenvalue weighted by Crippen LogP contribution is -2.04. The lowest BCUT2D eigenvalue weighted by atomic mass is 9.97. The first-order valence-corrected chi connectivity index (χ1v) is 25.9. The van der Waals surface area contributed by atoms with Crippen LogP contribution in [-0.2, 0) is 0 Å².